The molecule has 2 aromatic carbocycles. The van der Waals surface area contributed by atoms with Crippen LogP contribution in [0.3, 0.4) is 0 Å². The Hall–Kier alpha value is -1.87. The van der Waals surface area contributed by atoms with E-state index in [1.54, 1.807) is 0 Å². The van der Waals surface area contributed by atoms with E-state index in [1.807, 2.05) is 0 Å². The molecule has 0 spiro atoms. The van der Waals surface area contributed by atoms with E-state index in [-0.39, 0.29) is 0 Å². The van der Waals surface area contributed by atoms with Crippen molar-refractivity contribution in [2.45, 2.75) is 25.7 Å². The number of nitrogens with zero attached hydrogens (tertiary/aromatic N) is 2. The first kappa shape index (κ1) is 15.6. The highest BCUT2D eigenvalue weighted by atomic mass is 32.1. The molecule has 2 saturated heterocycles. The van der Waals surface area contributed by atoms with Gasteiger partial charge in [-0.15, -0.1) is 0 Å². The van der Waals surface area contributed by atoms with Crippen LogP contribution in [-0.2, 0) is 0 Å². The number of thiocarbonyl (C=S) groups is 1. The van der Waals surface area contributed by atoms with Crippen molar-refractivity contribution in [2.75, 3.05) is 36.0 Å². The Labute approximate surface area is 150 Å². The lowest BCUT2D eigenvalue weighted by molar-refractivity contribution is 0.949. The molecule has 2 aliphatic heterocycles. The lowest BCUT2D eigenvalue weighted by atomic mass is 10.0. The largest absolute Gasteiger partial charge is 0.372 e. The van der Waals surface area contributed by atoms with Gasteiger partial charge in [0.15, 0.2) is 0 Å². The zero-order valence-electron chi connectivity index (χ0n) is 14.1. The molecule has 4 rings (SSSR count). The number of anilines is 2. The molecule has 24 heavy (non-hydrogen) atoms. The Morgan fingerprint density at radius 1 is 0.667 bits per heavy atom. The second kappa shape index (κ2) is 6.94. The SMILES string of the molecule is S=C(c1cccc(N2CCCC2)c1)c1cccc(N2CCCC2)c1. The molecule has 2 nitrogen and oxygen atoms in total. The van der Waals surface area contributed by atoms with Crippen LogP contribution in [0.15, 0.2) is 48.5 Å². The van der Waals surface area contributed by atoms with Crippen molar-refractivity contribution >= 4 is 28.5 Å². The Bertz CT molecular complexity index is 667. The van der Waals surface area contributed by atoms with Gasteiger partial charge in [0.1, 0.15) is 0 Å². The third kappa shape index (κ3) is 3.18. The van der Waals surface area contributed by atoms with Gasteiger partial charge in [0, 0.05) is 37.6 Å². The first-order chi connectivity index (χ1) is 11.8. The molecular weight excluding hydrogens is 312 g/mol. The van der Waals surface area contributed by atoms with Crippen molar-refractivity contribution in [3.63, 3.8) is 0 Å². The van der Waals surface area contributed by atoms with Crippen LogP contribution < -0.4 is 9.80 Å². The highest BCUT2D eigenvalue weighted by Gasteiger charge is 2.15. The lowest BCUT2D eigenvalue weighted by Crippen LogP contribution is -2.18. The maximum absolute atomic E-state index is 5.82. The van der Waals surface area contributed by atoms with Gasteiger partial charge in [-0.1, -0.05) is 36.5 Å². The maximum Gasteiger partial charge on any atom is 0.0523 e. The normalized spacial score (nSPS) is 17.5. The summed E-state index contributed by atoms with van der Waals surface area (Å²) in [6.45, 7) is 4.67. The number of rotatable bonds is 4. The van der Waals surface area contributed by atoms with Gasteiger partial charge >= 0.3 is 0 Å². The first-order valence-electron chi connectivity index (χ1n) is 9.06. The standard InChI is InChI=1S/C21H24N2S/c24-21(17-7-5-9-19(15-17)22-11-1-2-12-22)18-8-6-10-20(16-18)23-13-3-4-14-23/h5-10,15-16H,1-4,11-14H2. The third-order valence-corrected chi connectivity index (χ3v) is 5.63. The molecule has 0 unspecified atom stereocenters. The molecule has 124 valence electrons. The van der Waals surface area contributed by atoms with Crippen molar-refractivity contribution in [1.29, 1.82) is 0 Å². The van der Waals surface area contributed by atoms with Crippen LogP contribution in [0.2, 0.25) is 0 Å². The Morgan fingerprint density at radius 2 is 1.08 bits per heavy atom. The Kier molecular flexibility index (Phi) is 4.52. The van der Waals surface area contributed by atoms with Crippen molar-refractivity contribution in [1.82, 2.24) is 0 Å². The summed E-state index contributed by atoms with van der Waals surface area (Å²) in [4.78, 5) is 5.89. The Balaban J connectivity index is 1.59. The molecule has 0 radical (unpaired) electrons. The van der Waals surface area contributed by atoms with Crippen LogP contribution in [0.5, 0.6) is 0 Å². The van der Waals surface area contributed by atoms with Crippen LogP contribution >= 0.6 is 12.2 Å². The fourth-order valence-electron chi connectivity index (χ4n) is 3.81. The number of benzene rings is 2. The van der Waals surface area contributed by atoms with Gasteiger partial charge in [0.2, 0.25) is 0 Å². The van der Waals surface area contributed by atoms with Crippen molar-refractivity contribution < 1.29 is 0 Å². The minimum atomic E-state index is 0.956. The molecule has 0 N–H and O–H groups in total. The summed E-state index contributed by atoms with van der Waals surface area (Å²) in [7, 11) is 0. The van der Waals surface area contributed by atoms with E-state index in [1.165, 1.54) is 63.2 Å². The van der Waals surface area contributed by atoms with Crippen LogP contribution in [0, 0.1) is 0 Å². The third-order valence-electron chi connectivity index (χ3n) is 5.16. The molecule has 2 fully saturated rings. The van der Waals surface area contributed by atoms with Gasteiger partial charge in [0.05, 0.1) is 4.86 Å². The average molecular weight is 337 g/mol. The summed E-state index contributed by atoms with van der Waals surface area (Å²) in [6.07, 6.45) is 5.19. The molecular formula is C21H24N2S. The van der Waals surface area contributed by atoms with Gasteiger partial charge in [-0.3, -0.25) is 0 Å². The van der Waals surface area contributed by atoms with E-state index < -0.39 is 0 Å². The van der Waals surface area contributed by atoms with E-state index in [2.05, 4.69) is 58.3 Å². The van der Waals surface area contributed by atoms with E-state index in [0.29, 0.717) is 0 Å². The summed E-state index contributed by atoms with van der Waals surface area (Å²) in [5, 5.41) is 0. The van der Waals surface area contributed by atoms with E-state index in [0.717, 1.165) is 16.0 Å². The topological polar surface area (TPSA) is 6.48 Å². The highest BCUT2D eigenvalue weighted by Crippen LogP contribution is 2.25. The number of hydrogen-bond donors (Lipinski definition) is 0. The molecule has 0 atom stereocenters. The highest BCUT2D eigenvalue weighted by molar-refractivity contribution is 7.81. The zero-order valence-corrected chi connectivity index (χ0v) is 14.9. The van der Waals surface area contributed by atoms with Crippen LogP contribution in [0.4, 0.5) is 11.4 Å². The molecule has 3 heteroatoms. The summed E-state index contributed by atoms with van der Waals surface area (Å²) >= 11 is 5.82. The summed E-state index contributed by atoms with van der Waals surface area (Å²) < 4.78 is 0. The van der Waals surface area contributed by atoms with Gasteiger partial charge in [-0.25, -0.2) is 0 Å². The van der Waals surface area contributed by atoms with Gasteiger partial charge in [0.25, 0.3) is 0 Å². The molecule has 2 aromatic rings. The quantitative estimate of drug-likeness (QED) is 0.592. The van der Waals surface area contributed by atoms with Gasteiger partial charge in [-0.05, 0) is 61.1 Å². The monoisotopic (exact) mass is 336 g/mol. The van der Waals surface area contributed by atoms with Crippen LogP contribution in [0.25, 0.3) is 0 Å². The lowest BCUT2D eigenvalue weighted by Gasteiger charge is -2.20. The van der Waals surface area contributed by atoms with E-state index in [4.69, 9.17) is 12.2 Å². The predicted molar refractivity (Wildman–Crippen MR) is 107 cm³/mol. The fraction of sp³-hybridized carbons (Fsp3) is 0.381. The summed E-state index contributed by atoms with van der Waals surface area (Å²) in [6, 6.07) is 17.5. The minimum Gasteiger partial charge on any atom is -0.372 e. The van der Waals surface area contributed by atoms with E-state index in [9.17, 15) is 0 Å². The smallest absolute Gasteiger partial charge is 0.0523 e. The van der Waals surface area contributed by atoms with Crippen molar-refractivity contribution in [2.24, 2.45) is 0 Å². The molecule has 0 amide bonds. The molecule has 0 aromatic heterocycles. The zero-order chi connectivity index (χ0) is 16.4. The molecule has 2 aliphatic rings. The van der Waals surface area contributed by atoms with Crippen LogP contribution in [0.1, 0.15) is 36.8 Å². The van der Waals surface area contributed by atoms with Crippen molar-refractivity contribution in [3.05, 3.63) is 59.7 Å². The summed E-state index contributed by atoms with van der Waals surface area (Å²) in [5.41, 5.74) is 4.94. The second-order valence-corrected chi connectivity index (χ2v) is 7.23. The van der Waals surface area contributed by atoms with E-state index >= 15 is 0 Å². The minimum absolute atomic E-state index is 0.956. The first-order valence-corrected chi connectivity index (χ1v) is 9.47. The number of hydrogen-bond acceptors (Lipinski definition) is 3. The van der Waals surface area contributed by atoms with Gasteiger partial charge < -0.3 is 9.80 Å². The Morgan fingerprint density at radius 3 is 1.50 bits per heavy atom. The molecule has 2 heterocycles. The second-order valence-electron chi connectivity index (χ2n) is 6.82. The van der Waals surface area contributed by atoms with Crippen molar-refractivity contribution in [3.8, 4) is 0 Å². The van der Waals surface area contributed by atoms with Gasteiger partial charge in [-0.2, -0.15) is 0 Å². The molecule has 0 bridgehead atoms. The van der Waals surface area contributed by atoms with Crippen LogP contribution in [-0.4, -0.2) is 31.0 Å². The predicted octanol–water partition coefficient (Wildman–Crippen LogP) is 4.65. The fourth-order valence-corrected chi connectivity index (χ4v) is 4.06. The summed E-state index contributed by atoms with van der Waals surface area (Å²) in [5.74, 6) is 0. The maximum atomic E-state index is 5.82. The molecule has 0 aliphatic carbocycles. The molecule has 0 saturated carbocycles. The average Bonchev–Trinajstić information content (AvgIpc) is 3.35.